The maximum absolute atomic E-state index is 5.07. The lowest BCUT2D eigenvalue weighted by atomic mass is 10.3. The molecular formula is C5H4NO. The molecule has 0 aromatic carbocycles. The zero-order valence-corrected chi connectivity index (χ0v) is 3.66. The second-order valence-corrected chi connectivity index (χ2v) is 1.12. The molecule has 2 nitrogen and oxygen atoms in total. The molecule has 0 saturated heterocycles. The van der Waals surface area contributed by atoms with Gasteiger partial charge in [0.1, 0.15) is 6.26 Å². The van der Waals surface area contributed by atoms with Crippen molar-refractivity contribution in [2.75, 3.05) is 0 Å². The fraction of sp³-hybridized carbons (Fsp3) is 0. The molecule has 0 amide bonds. The molecule has 0 atom stereocenters. The van der Waals surface area contributed by atoms with Gasteiger partial charge in [0, 0.05) is 5.56 Å². The van der Waals surface area contributed by atoms with Crippen LogP contribution in [0.15, 0.2) is 17.0 Å². The first-order valence-electron chi connectivity index (χ1n) is 1.88. The molecule has 0 aliphatic heterocycles. The Balaban J connectivity index is 2.76. The summed E-state index contributed by atoms with van der Waals surface area (Å²) < 4.78 is 4.44. The summed E-state index contributed by atoms with van der Waals surface area (Å²) in [5.41, 5.74) is 0.806. The zero-order chi connectivity index (χ0) is 5.11. The number of hydrogen-bond acceptors (Lipinski definition) is 2. The number of hydrogen-bond donors (Lipinski definition) is 0. The van der Waals surface area contributed by atoms with Crippen molar-refractivity contribution in [2.24, 2.45) is 0 Å². The van der Waals surface area contributed by atoms with Gasteiger partial charge in [-0.15, -0.1) is 0 Å². The van der Waals surface area contributed by atoms with Crippen LogP contribution in [0.5, 0.6) is 0 Å². The van der Waals surface area contributed by atoms with Crippen molar-refractivity contribution in [3.05, 3.63) is 31.4 Å². The van der Waals surface area contributed by atoms with Gasteiger partial charge in [-0.1, -0.05) is 5.16 Å². The molecule has 0 fully saturated rings. The van der Waals surface area contributed by atoms with Crippen LogP contribution in [0, 0.1) is 13.3 Å². The summed E-state index contributed by atoms with van der Waals surface area (Å²) in [6.45, 7) is 5.07. The van der Waals surface area contributed by atoms with Gasteiger partial charge in [-0.2, -0.15) is 0 Å². The number of aromatic nitrogens is 1. The summed E-state index contributed by atoms with van der Waals surface area (Å²) in [7, 11) is 0. The Labute approximate surface area is 42.1 Å². The molecule has 1 rings (SSSR count). The highest BCUT2D eigenvalue weighted by Crippen LogP contribution is 1.96. The van der Waals surface area contributed by atoms with E-state index in [0.717, 1.165) is 5.56 Å². The SMILES string of the molecule is [CH][CH]c1cnoc1. The Morgan fingerprint density at radius 1 is 1.86 bits per heavy atom. The highest BCUT2D eigenvalue weighted by molar-refractivity contribution is 5.13. The first-order valence-corrected chi connectivity index (χ1v) is 1.88. The Morgan fingerprint density at radius 2 is 2.71 bits per heavy atom. The minimum atomic E-state index is 0.806. The van der Waals surface area contributed by atoms with Crippen LogP contribution in [-0.4, -0.2) is 5.16 Å². The summed E-state index contributed by atoms with van der Waals surface area (Å²) in [6, 6.07) is 0. The zero-order valence-electron chi connectivity index (χ0n) is 3.66. The van der Waals surface area contributed by atoms with E-state index in [2.05, 4.69) is 9.68 Å². The van der Waals surface area contributed by atoms with Gasteiger partial charge < -0.3 is 4.52 Å². The van der Waals surface area contributed by atoms with Crippen LogP contribution in [0.4, 0.5) is 0 Å². The average Bonchev–Trinajstić information content (AvgIpc) is 2.14. The normalized spacial score (nSPS) is 9.29. The monoisotopic (exact) mass is 94.0 g/mol. The van der Waals surface area contributed by atoms with E-state index in [0.29, 0.717) is 0 Å². The molecule has 0 saturated carbocycles. The lowest BCUT2D eigenvalue weighted by Crippen LogP contribution is -1.64. The van der Waals surface area contributed by atoms with Crippen LogP contribution in [0.2, 0.25) is 0 Å². The Hall–Kier alpha value is -0.790. The fourth-order valence-corrected chi connectivity index (χ4v) is 0.295. The Kier molecular flexibility index (Phi) is 1.11. The van der Waals surface area contributed by atoms with Crippen LogP contribution < -0.4 is 0 Å². The van der Waals surface area contributed by atoms with Crippen molar-refractivity contribution in [3.63, 3.8) is 0 Å². The van der Waals surface area contributed by atoms with Gasteiger partial charge in [0.25, 0.3) is 0 Å². The lowest BCUT2D eigenvalue weighted by molar-refractivity contribution is 0.419. The first kappa shape index (κ1) is 4.37. The highest BCUT2D eigenvalue weighted by Gasteiger charge is 1.86. The van der Waals surface area contributed by atoms with E-state index < -0.39 is 0 Å². The van der Waals surface area contributed by atoms with Crippen LogP contribution in [0.3, 0.4) is 0 Å². The quantitative estimate of drug-likeness (QED) is 0.517. The van der Waals surface area contributed by atoms with Crippen molar-refractivity contribution < 1.29 is 4.52 Å². The van der Waals surface area contributed by atoms with Gasteiger partial charge in [0.05, 0.1) is 6.20 Å². The molecule has 0 N–H and O–H groups in total. The summed E-state index contributed by atoms with van der Waals surface area (Å²) >= 11 is 0. The van der Waals surface area contributed by atoms with Gasteiger partial charge in [0.2, 0.25) is 0 Å². The molecule has 2 heteroatoms. The first-order chi connectivity index (χ1) is 3.43. The van der Waals surface area contributed by atoms with E-state index in [1.807, 2.05) is 0 Å². The molecule has 0 bridgehead atoms. The molecule has 0 spiro atoms. The highest BCUT2D eigenvalue weighted by atomic mass is 16.5. The molecule has 3 radical (unpaired) electrons. The Bertz CT molecular complexity index is 123. The van der Waals surface area contributed by atoms with Crippen LogP contribution >= 0.6 is 0 Å². The summed E-state index contributed by atoms with van der Waals surface area (Å²) in [5.74, 6) is 0. The van der Waals surface area contributed by atoms with Crippen molar-refractivity contribution in [3.8, 4) is 0 Å². The smallest absolute Gasteiger partial charge is 0.127 e. The van der Waals surface area contributed by atoms with Crippen molar-refractivity contribution in [1.29, 1.82) is 0 Å². The number of nitrogens with zero attached hydrogens (tertiary/aromatic N) is 1. The van der Waals surface area contributed by atoms with Crippen molar-refractivity contribution >= 4 is 0 Å². The van der Waals surface area contributed by atoms with E-state index in [4.69, 9.17) is 6.92 Å². The Morgan fingerprint density at radius 3 is 3.00 bits per heavy atom. The van der Waals surface area contributed by atoms with E-state index in [-0.39, 0.29) is 0 Å². The van der Waals surface area contributed by atoms with Gasteiger partial charge >= 0.3 is 0 Å². The molecule has 35 valence electrons. The van der Waals surface area contributed by atoms with Gasteiger partial charge in [-0.25, -0.2) is 0 Å². The third-order valence-corrected chi connectivity index (χ3v) is 0.644. The van der Waals surface area contributed by atoms with E-state index in [1.54, 1.807) is 6.20 Å². The van der Waals surface area contributed by atoms with Crippen LogP contribution in [-0.2, 0) is 0 Å². The molecule has 1 heterocycles. The van der Waals surface area contributed by atoms with Crippen LogP contribution in [0.1, 0.15) is 5.56 Å². The van der Waals surface area contributed by atoms with Gasteiger partial charge in [-0.05, 0) is 13.3 Å². The van der Waals surface area contributed by atoms with E-state index >= 15 is 0 Å². The van der Waals surface area contributed by atoms with Crippen LogP contribution in [0.25, 0.3) is 0 Å². The van der Waals surface area contributed by atoms with E-state index in [1.165, 1.54) is 12.7 Å². The molecule has 1 aromatic rings. The lowest BCUT2D eigenvalue weighted by Gasteiger charge is -1.73. The summed E-state index contributed by atoms with van der Waals surface area (Å²) in [4.78, 5) is 0. The topological polar surface area (TPSA) is 26.0 Å². The molecular weight excluding hydrogens is 90.1 g/mol. The molecule has 1 aromatic heterocycles. The average molecular weight is 94.1 g/mol. The predicted molar refractivity (Wildman–Crippen MR) is 24.2 cm³/mol. The second-order valence-electron chi connectivity index (χ2n) is 1.12. The third kappa shape index (κ3) is 0.796. The third-order valence-electron chi connectivity index (χ3n) is 0.644. The maximum Gasteiger partial charge on any atom is 0.127 e. The minimum Gasteiger partial charge on any atom is -0.364 e. The number of rotatable bonds is 1. The minimum absolute atomic E-state index is 0.806. The largest absolute Gasteiger partial charge is 0.364 e. The van der Waals surface area contributed by atoms with Gasteiger partial charge in [-0.3, -0.25) is 0 Å². The molecule has 0 aliphatic rings. The second kappa shape index (κ2) is 1.78. The molecule has 0 aliphatic carbocycles. The van der Waals surface area contributed by atoms with Gasteiger partial charge in [0.15, 0.2) is 0 Å². The van der Waals surface area contributed by atoms with Crippen molar-refractivity contribution in [2.45, 2.75) is 0 Å². The maximum atomic E-state index is 5.07. The summed E-state index contributed by atoms with van der Waals surface area (Å²) in [6.07, 6.45) is 4.44. The molecule has 7 heavy (non-hydrogen) atoms. The van der Waals surface area contributed by atoms with Crippen molar-refractivity contribution in [1.82, 2.24) is 5.16 Å². The predicted octanol–water partition coefficient (Wildman–Crippen LogP) is 0.938. The molecule has 0 unspecified atom stereocenters. The standard InChI is InChI=1S/C5H4NO/c1-2-5-3-6-7-4-5/h1-4H. The summed E-state index contributed by atoms with van der Waals surface area (Å²) in [5, 5.41) is 3.41. The fourth-order valence-electron chi connectivity index (χ4n) is 0.295. The van der Waals surface area contributed by atoms with E-state index in [9.17, 15) is 0 Å².